The summed E-state index contributed by atoms with van der Waals surface area (Å²) in [6.45, 7) is 0.632. The third-order valence-electron chi connectivity index (χ3n) is 4.24. The van der Waals surface area contributed by atoms with E-state index in [1.807, 2.05) is 66.7 Å². The predicted octanol–water partition coefficient (Wildman–Crippen LogP) is 5.10. The number of carbonyl (C=O) groups is 1. The van der Waals surface area contributed by atoms with Gasteiger partial charge in [0, 0.05) is 28.5 Å². The zero-order valence-electron chi connectivity index (χ0n) is 14.4. The Labute approximate surface area is 170 Å². The van der Waals surface area contributed by atoms with Crippen molar-refractivity contribution in [3.8, 4) is 5.75 Å². The van der Waals surface area contributed by atoms with Crippen molar-refractivity contribution in [3.05, 3.63) is 83.0 Å². The fourth-order valence-corrected chi connectivity index (χ4v) is 4.30. The van der Waals surface area contributed by atoms with Crippen LogP contribution in [-0.2, 0) is 4.79 Å². The first-order chi connectivity index (χ1) is 13.2. The van der Waals surface area contributed by atoms with Gasteiger partial charge in [-0.25, -0.2) is 4.98 Å². The van der Waals surface area contributed by atoms with Gasteiger partial charge in [-0.05, 0) is 30.3 Å². The van der Waals surface area contributed by atoms with Crippen LogP contribution in [0.4, 0.5) is 5.69 Å². The lowest BCUT2D eigenvalue weighted by molar-refractivity contribution is -0.125. The van der Waals surface area contributed by atoms with E-state index in [1.165, 1.54) is 0 Å². The summed E-state index contributed by atoms with van der Waals surface area (Å²) in [7, 11) is 0. The van der Waals surface area contributed by atoms with E-state index in [4.69, 9.17) is 4.74 Å². The maximum atomic E-state index is 13.5. The highest BCUT2D eigenvalue weighted by Crippen LogP contribution is 2.35. The molecule has 136 valence electrons. The fourth-order valence-electron chi connectivity index (χ4n) is 2.99. The molecule has 4 rings (SSSR count). The quantitative estimate of drug-likeness (QED) is 0.565. The van der Waals surface area contributed by atoms with E-state index in [0.717, 1.165) is 26.5 Å². The van der Waals surface area contributed by atoms with Gasteiger partial charge in [0.05, 0.1) is 5.69 Å². The van der Waals surface area contributed by atoms with Gasteiger partial charge in [0.2, 0.25) is 6.10 Å². The van der Waals surface area contributed by atoms with Crippen molar-refractivity contribution in [2.45, 2.75) is 11.1 Å². The molecule has 0 N–H and O–H groups in total. The molecule has 0 saturated carbocycles. The van der Waals surface area contributed by atoms with Gasteiger partial charge in [-0.3, -0.25) is 4.79 Å². The first-order valence-corrected chi connectivity index (χ1v) is 10.4. The predicted molar refractivity (Wildman–Crippen MR) is 111 cm³/mol. The third kappa shape index (κ3) is 4.01. The van der Waals surface area contributed by atoms with E-state index < -0.39 is 6.10 Å². The Morgan fingerprint density at radius 3 is 2.78 bits per heavy atom. The van der Waals surface area contributed by atoms with E-state index in [0.29, 0.717) is 12.3 Å². The fraction of sp³-hybridized carbons (Fsp3) is 0.143. The average Bonchev–Trinajstić information content (AvgIpc) is 2.72. The van der Waals surface area contributed by atoms with Crippen molar-refractivity contribution < 1.29 is 9.53 Å². The molecule has 0 unspecified atom stereocenters. The van der Waals surface area contributed by atoms with Crippen molar-refractivity contribution in [3.63, 3.8) is 0 Å². The Morgan fingerprint density at radius 1 is 1.11 bits per heavy atom. The monoisotopic (exact) mass is 440 g/mol. The maximum Gasteiger partial charge on any atom is 0.272 e. The minimum absolute atomic E-state index is 0.0873. The number of hydrogen-bond acceptors (Lipinski definition) is 4. The Kier molecular flexibility index (Phi) is 5.45. The number of carbonyl (C=O) groups excluding carboxylic acids is 1. The van der Waals surface area contributed by atoms with Crippen LogP contribution in [0, 0.1) is 0 Å². The van der Waals surface area contributed by atoms with Crippen molar-refractivity contribution in [1.82, 2.24) is 4.98 Å². The molecule has 3 aromatic rings. The standard InChI is InChI=1S/C21H17BrN2O2S/c22-16-8-4-9-17(14-16)26-19(15-6-2-1-3-7-15)21(25)24-12-13-27-20-18(24)10-5-11-23-20/h1-11,14,19H,12-13H2/t19-/m1/s1. The average molecular weight is 441 g/mol. The topological polar surface area (TPSA) is 42.4 Å². The summed E-state index contributed by atoms with van der Waals surface area (Å²) in [5, 5.41) is 0.881. The van der Waals surface area contributed by atoms with Gasteiger partial charge < -0.3 is 9.64 Å². The first-order valence-electron chi connectivity index (χ1n) is 8.59. The first kappa shape index (κ1) is 18.1. The zero-order valence-corrected chi connectivity index (χ0v) is 16.8. The van der Waals surface area contributed by atoms with E-state index in [1.54, 1.807) is 22.9 Å². The van der Waals surface area contributed by atoms with Crippen LogP contribution in [0.3, 0.4) is 0 Å². The number of halogens is 1. The molecule has 1 aliphatic heterocycles. The van der Waals surface area contributed by atoms with Crippen LogP contribution < -0.4 is 9.64 Å². The minimum Gasteiger partial charge on any atom is -0.476 e. The van der Waals surface area contributed by atoms with E-state index >= 15 is 0 Å². The molecule has 0 bridgehead atoms. The van der Waals surface area contributed by atoms with Crippen LogP contribution in [0.1, 0.15) is 11.7 Å². The van der Waals surface area contributed by atoms with E-state index in [9.17, 15) is 4.79 Å². The van der Waals surface area contributed by atoms with Gasteiger partial charge in [-0.1, -0.05) is 52.3 Å². The van der Waals surface area contributed by atoms with Gasteiger partial charge in [0.15, 0.2) is 0 Å². The lowest BCUT2D eigenvalue weighted by Gasteiger charge is -2.31. The number of aromatic nitrogens is 1. The summed E-state index contributed by atoms with van der Waals surface area (Å²) in [4.78, 5) is 19.7. The molecule has 1 atom stereocenters. The van der Waals surface area contributed by atoms with Gasteiger partial charge >= 0.3 is 0 Å². The highest BCUT2D eigenvalue weighted by molar-refractivity contribution is 9.10. The maximum absolute atomic E-state index is 13.5. The molecule has 0 spiro atoms. The summed E-state index contributed by atoms with van der Waals surface area (Å²) in [5.41, 5.74) is 1.67. The normalized spacial score (nSPS) is 14.3. The van der Waals surface area contributed by atoms with Gasteiger partial charge in [-0.15, -0.1) is 11.8 Å². The summed E-state index contributed by atoms with van der Waals surface area (Å²) in [6, 6.07) is 20.9. The molecule has 0 radical (unpaired) electrons. The lowest BCUT2D eigenvalue weighted by atomic mass is 10.1. The number of rotatable bonds is 4. The summed E-state index contributed by atoms with van der Waals surface area (Å²) < 4.78 is 7.07. The molecule has 1 aliphatic rings. The van der Waals surface area contributed by atoms with Gasteiger partial charge in [0.1, 0.15) is 10.8 Å². The van der Waals surface area contributed by atoms with Crippen LogP contribution in [0.2, 0.25) is 0 Å². The van der Waals surface area contributed by atoms with Crippen molar-refractivity contribution in [1.29, 1.82) is 0 Å². The Bertz CT molecular complexity index is 952. The molecule has 2 heterocycles. The molecular weight excluding hydrogens is 424 g/mol. The Hall–Kier alpha value is -2.31. The molecule has 0 fully saturated rings. The molecule has 2 aromatic carbocycles. The van der Waals surface area contributed by atoms with Crippen LogP contribution in [0.15, 0.2) is 82.4 Å². The molecule has 1 aromatic heterocycles. The van der Waals surface area contributed by atoms with E-state index in [-0.39, 0.29) is 5.91 Å². The molecule has 27 heavy (non-hydrogen) atoms. The van der Waals surface area contributed by atoms with Crippen LogP contribution in [0.25, 0.3) is 0 Å². The van der Waals surface area contributed by atoms with E-state index in [2.05, 4.69) is 20.9 Å². The largest absolute Gasteiger partial charge is 0.476 e. The Morgan fingerprint density at radius 2 is 1.96 bits per heavy atom. The molecule has 4 nitrogen and oxygen atoms in total. The molecule has 0 aliphatic carbocycles. The second-order valence-electron chi connectivity index (χ2n) is 6.03. The number of ether oxygens (including phenoxy) is 1. The molecular formula is C21H17BrN2O2S. The number of nitrogens with zero attached hydrogens (tertiary/aromatic N) is 2. The second kappa shape index (κ2) is 8.15. The van der Waals surface area contributed by atoms with Crippen molar-refractivity contribution in [2.24, 2.45) is 0 Å². The number of anilines is 1. The highest BCUT2D eigenvalue weighted by atomic mass is 79.9. The number of amides is 1. The van der Waals surface area contributed by atoms with Crippen molar-refractivity contribution >= 4 is 39.3 Å². The molecule has 6 heteroatoms. The van der Waals surface area contributed by atoms with Gasteiger partial charge in [0.25, 0.3) is 5.91 Å². The lowest BCUT2D eigenvalue weighted by Crippen LogP contribution is -2.40. The number of pyridine rings is 1. The minimum atomic E-state index is -0.725. The summed E-state index contributed by atoms with van der Waals surface area (Å²) >= 11 is 5.13. The number of benzene rings is 2. The number of hydrogen-bond donors (Lipinski definition) is 0. The zero-order chi connectivity index (χ0) is 18.6. The number of fused-ring (bicyclic) bond motifs is 1. The molecule has 0 saturated heterocycles. The van der Waals surface area contributed by atoms with Crippen LogP contribution >= 0.6 is 27.7 Å². The smallest absolute Gasteiger partial charge is 0.272 e. The highest BCUT2D eigenvalue weighted by Gasteiger charge is 2.32. The second-order valence-corrected chi connectivity index (χ2v) is 8.03. The summed E-state index contributed by atoms with van der Waals surface area (Å²) in [5.74, 6) is 1.37. The van der Waals surface area contributed by atoms with Crippen LogP contribution in [-0.4, -0.2) is 23.2 Å². The SMILES string of the molecule is O=C([C@H](Oc1cccc(Br)c1)c1ccccc1)N1CCSc2ncccc21. The summed E-state index contributed by atoms with van der Waals surface area (Å²) in [6.07, 6.45) is 1.03. The van der Waals surface area contributed by atoms with Crippen LogP contribution in [0.5, 0.6) is 5.75 Å². The Balaban J connectivity index is 1.70. The van der Waals surface area contributed by atoms with Gasteiger partial charge in [-0.2, -0.15) is 0 Å². The molecule has 1 amide bonds. The van der Waals surface area contributed by atoms with Crippen molar-refractivity contribution in [2.75, 3.05) is 17.2 Å². The third-order valence-corrected chi connectivity index (χ3v) is 5.71. The number of thioether (sulfide) groups is 1.